The van der Waals surface area contributed by atoms with Gasteiger partial charge >= 0.3 is 0 Å². The third-order valence-corrected chi connectivity index (χ3v) is 1.45. The fraction of sp³-hybridized carbons (Fsp3) is 0.0909. The lowest BCUT2D eigenvalue weighted by atomic mass is 9.62. The molecule has 0 aromatic heterocycles. The summed E-state index contributed by atoms with van der Waals surface area (Å²) in [7, 11) is 2.00. The fourth-order valence-electron chi connectivity index (χ4n) is 0.764. The molecule has 0 fully saturated rings. The van der Waals surface area contributed by atoms with E-state index in [2.05, 4.69) is 19.7 Å². The van der Waals surface area contributed by atoms with Gasteiger partial charge in [-0.3, -0.25) is 0 Å². The van der Waals surface area contributed by atoms with Crippen LogP contribution < -0.4 is 0 Å². The van der Waals surface area contributed by atoms with Crippen molar-refractivity contribution in [3.05, 3.63) is 61.1 Å². The summed E-state index contributed by atoms with van der Waals surface area (Å²) in [6.45, 7) is 13.0. The van der Waals surface area contributed by atoms with Gasteiger partial charge in [0.25, 0.3) is 0 Å². The standard InChI is InChI=1S/C11H14B/c1-5-9-11(8-4)12-10(6-2)7-3/h5-9H,1-2,4H2,3H3/b10-7+,11-9+. The van der Waals surface area contributed by atoms with Crippen LogP contribution in [0.1, 0.15) is 6.92 Å². The molecule has 0 spiro atoms. The largest absolute Gasteiger partial charge is 0.190 e. The molecule has 0 amide bonds. The van der Waals surface area contributed by atoms with Gasteiger partial charge in [-0.2, -0.15) is 0 Å². The number of allylic oxidation sites excluding steroid dienone is 7. The first kappa shape index (κ1) is 10.8. The molecule has 0 bridgehead atoms. The normalized spacial score (nSPS) is 12.1. The van der Waals surface area contributed by atoms with Crippen LogP contribution in [0.3, 0.4) is 0 Å². The SMILES string of the molecule is C=C/C=C(/[B]/C(C=C)=C/C)C=C. The zero-order valence-electron chi connectivity index (χ0n) is 7.59. The highest BCUT2D eigenvalue weighted by atomic mass is 13.8. The minimum Gasteiger partial charge on any atom is -0.0996 e. The molecule has 12 heavy (non-hydrogen) atoms. The predicted octanol–water partition coefficient (Wildman–Crippen LogP) is 3.04. The molecule has 61 valence electrons. The lowest BCUT2D eigenvalue weighted by molar-refractivity contribution is 1.69. The van der Waals surface area contributed by atoms with Gasteiger partial charge < -0.3 is 0 Å². The summed E-state index contributed by atoms with van der Waals surface area (Å²) in [5.41, 5.74) is 2.13. The minimum absolute atomic E-state index is 1.04. The lowest BCUT2D eigenvalue weighted by Crippen LogP contribution is -1.96. The summed E-state index contributed by atoms with van der Waals surface area (Å²) >= 11 is 0. The predicted molar refractivity (Wildman–Crippen MR) is 58.2 cm³/mol. The van der Waals surface area contributed by atoms with E-state index in [0.717, 1.165) is 10.9 Å². The van der Waals surface area contributed by atoms with Crippen molar-refractivity contribution >= 4 is 7.28 Å². The third-order valence-electron chi connectivity index (χ3n) is 1.45. The maximum atomic E-state index is 3.69. The van der Waals surface area contributed by atoms with E-state index >= 15 is 0 Å². The van der Waals surface area contributed by atoms with Gasteiger partial charge in [0.1, 0.15) is 0 Å². The van der Waals surface area contributed by atoms with Crippen molar-refractivity contribution in [3.63, 3.8) is 0 Å². The molecule has 0 aromatic rings. The van der Waals surface area contributed by atoms with Crippen molar-refractivity contribution in [1.29, 1.82) is 0 Å². The Morgan fingerprint density at radius 1 is 1.08 bits per heavy atom. The highest BCUT2D eigenvalue weighted by Crippen LogP contribution is 2.02. The van der Waals surface area contributed by atoms with Crippen molar-refractivity contribution in [2.24, 2.45) is 0 Å². The van der Waals surface area contributed by atoms with Gasteiger partial charge in [-0.1, -0.05) is 61.1 Å². The van der Waals surface area contributed by atoms with Crippen molar-refractivity contribution in [2.45, 2.75) is 6.92 Å². The number of hydrogen-bond donors (Lipinski definition) is 0. The minimum atomic E-state index is 1.04. The van der Waals surface area contributed by atoms with Gasteiger partial charge in [0.15, 0.2) is 7.28 Å². The first-order chi connectivity index (χ1) is 5.78. The fourth-order valence-corrected chi connectivity index (χ4v) is 0.764. The number of hydrogen-bond acceptors (Lipinski definition) is 0. The maximum Gasteiger partial charge on any atom is 0.190 e. The first-order valence-electron chi connectivity index (χ1n) is 3.87. The van der Waals surface area contributed by atoms with Crippen LogP contribution in [0, 0.1) is 0 Å². The molecule has 0 heterocycles. The van der Waals surface area contributed by atoms with Gasteiger partial charge in [-0.15, -0.1) is 0 Å². The van der Waals surface area contributed by atoms with E-state index in [0.29, 0.717) is 0 Å². The zero-order chi connectivity index (χ0) is 9.40. The van der Waals surface area contributed by atoms with E-state index in [1.165, 1.54) is 0 Å². The second-order valence-electron chi connectivity index (χ2n) is 2.24. The van der Waals surface area contributed by atoms with Gasteiger partial charge in [-0.25, -0.2) is 0 Å². The quantitative estimate of drug-likeness (QED) is 0.425. The molecular weight excluding hydrogens is 143 g/mol. The Morgan fingerprint density at radius 2 is 1.67 bits per heavy atom. The molecule has 1 radical (unpaired) electrons. The van der Waals surface area contributed by atoms with Gasteiger partial charge in [0.2, 0.25) is 0 Å². The van der Waals surface area contributed by atoms with Crippen molar-refractivity contribution in [2.75, 3.05) is 0 Å². The average molecular weight is 157 g/mol. The molecule has 0 unspecified atom stereocenters. The lowest BCUT2D eigenvalue weighted by Gasteiger charge is -1.98. The molecule has 0 aromatic carbocycles. The molecule has 1 heteroatoms. The Kier molecular flexibility index (Phi) is 5.81. The van der Waals surface area contributed by atoms with Crippen LogP contribution in [0.5, 0.6) is 0 Å². The summed E-state index contributed by atoms with van der Waals surface area (Å²) in [5.74, 6) is 0. The Morgan fingerprint density at radius 3 is 2.00 bits per heavy atom. The molecule has 0 aliphatic rings. The van der Waals surface area contributed by atoms with Crippen LogP contribution in [-0.2, 0) is 0 Å². The average Bonchev–Trinajstić information content (AvgIpc) is 2.12. The second kappa shape index (κ2) is 6.47. The van der Waals surface area contributed by atoms with Gasteiger partial charge in [0, 0.05) is 0 Å². The molecule has 0 aliphatic heterocycles. The zero-order valence-corrected chi connectivity index (χ0v) is 7.59. The van der Waals surface area contributed by atoms with Crippen LogP contribution in [0.15, 0.2) is 61.1 Å². The van der Waals surface area contributed by atoms with E-state index < -0.39 is 0 Å². The Balaban J connectivity index is 4.39. The van der Waals surface area contributed by atoms with Gasteiger partial charge in [0.05, 0.1) is 0 Å². The molecule has 0 atom stereocenters. The smallest absolute Gasteiger partial charge is 0.0996 e. The Hall–Kier alpha value is -1.24. The topological polar surface area (TPSA) is 0 Å². The Bertz CT molecular complexity index is 231. The van der Waals surface area contributed by atoms with Gasteiger partial charge in [-0.05, 0) is 6.92 Å². The monoisotopic (exact) mass is 157 g/mol. The summed E-state index contributed by atoms with van der Waals surface area (Å²) in [5, 5.41) is 0. The van der Waals surface area contributed by atoms with Crippen LogP contribution in [0.4, 0.5) is 0 Å². The molecule has 0 nitrogen and oxygen atoms in total. The van der Waals surface area contributed by atoms with Crippen LogP contribution in [0.25, 0.3) is 0 Å². The Labute approximate surface area is 75.9 Å². The molecule has 0 saturated heterocycles. The molecular formula is C11H14B. The molecule has 0 N–H and O–H groups in total. The van der Waals surface area contributed by atoms with Crippen LogP contribution in [-0.4, -0.2) is 7.28 Å². The van der Waals surface area contributed by atoms with E-state index in [1.807, 2.05) is 26.4 Å². The number of rotatable bonds is 5. The summed E-state index contributed by atoms with van der Waals surface area (Å²) < 4.78 is 0. The van der Waals surface area contributed by atoms with E-state index in [9.17, 15) is 0 Å². The van der Waals surface area contributed by atoms with Crippen molar-refractivity contribution in [3.8, 4) is 0 Å². The summed E-state index contributed by atoms with van der Waals surface area (Å²) in [4.78, 5) is 0. The van der Waals surface area contributed by atoms with Crippen molar-refractivity contribution < 1.29 is 0 Å². The van der Waals surface area contributed by atoms with E-state index in [1.54, 1.807) is 18.2 Å². The third kappa shape index (κ3) is 3.82. The van der Waals surface area contributed by atoms with Crippen LogP contribution in [0.2, 0.25) is 0 Å². The molecule has 0 saturated carbocycles. The summed E-state index contributed by atoms with van der Waals surface area (Å²) in [6, 6.07) is 0. The van der Waals surface area contributed by atoms with E-state index in [4.69, 9.17) is 0 Å². The van der Waals surface area contributed by atoms with E-state index in [-0.39, 0.29) is 0 Å². The first-order valence-corrected chi connectivity index (χ1v) is 3.87. The highest BCUT2D eigenvalue weighted by molar-refractivity contribution is 6.55. The molecule has 0 aliphatic carbocycles. The second-order valence-corrected chi connectivity index (χ2v) is 2.24. The molecule has 0 rings (SSSR count). The van der Waals surface area contributed by atoms with Crippen molar-refractivity contribution in [1.82, 2.24) is 0 Å². The summed E-state index contributed by atoms with van der Waals surface area (Å²) in [6.07, 6.45) is 9.23. The maximum absolute atomic E-state index is 3.69. The highest BCUT2D eigenvalue weighted by Gasteiger charge is 1.95. The van der Waals surface area contributed by atoms with Crippen LogP contribution >= 0.6 is 0 Å².